The second-order valence-corrected chi connectivity index (χ2v) is 5.29. The van der Waals surface area contributed by atoms with Crippen LogP contribution in [0.4, 0.5) is 0 Å². The number of hydrogen-bond acceptors (Lipinski definition) is 3. The highest BCUT2D eigenvalue weighted by Gasteiger charge is 2.37. The first-order chi connectivity index (χ1) is 6.40. The van der Waals surface area contributed by atoms with Gasteiger partial charge in [0, 0.05) is 13.1 Å². The third-order valence-electron chi connectivity index (χ3n) is 2.96. The Hall–Kier alpha value is -0.570. The Morgan fingerprint density at radius 2 is 2.07 bits per heavy atom. The summed E-state index contributed by atoms with van der Waals surface area (Å²) in [6.07, 6.45) is 2.61. The Morgan fingerprint density at radius 3 is 2.50 bits per heavy atom. The van der Waals surface area contributed by atoms with Crippen LogP contribution in [0.3, 0.4) is 0 Å². The molecule has 0 spiro atoms. The molecule has 3 nitrogen and oxygen atoms in total. The van der Waals surface area contributed by atoms with E-state index in [9.17, 15) is 4.79 Å². The molecule has 0 radical (unpaired) electrons. The van der Waals surface area contributed by atoms with E-state index in [1.165, 1.54) is 20.0 Å². The van der Waals surface area contributed by atoms with Gasteiger partial charge in [0.1, 0.15) is 0 Å². The normalized spacial score (nSPS) is 19.1. The van der Waals surface area contributed by atoms with Gasteiger partial charge in [-0.15, -0.1) is 0 Å². The van der Waals surface area contributed by atoms with Gasteiger partial charge < -0.3 is 10.1 Å². The molecule has 0 aromatic carbocycles. The number of carbonyl (C=O) groups excluding carboxylic acids is 1. The maximum atomic E-state index is 11.3. The molecule has 0 bridgehead atoms. The molecule has 1 aliphatic rings. The Kier molecular flexibility index (Phi) is 3.20. The third-order valence-corrected chi connectivity index (χ3v) is 2.96. The fourth-order valence-corrected chi connectivity index (χ4v) is 1.42. The summed E-state index contributed by atoms with van der Waals surface area (Å²) in [7, 11) is 1.44. The molecular formula is C11H21NO2. The minimum absolute atomic E-state index is 0.147. The molecule has 0 aromatic rings. The maximum Gasteiger partial charge on any atom is 0.312 e. The molecule has 0 aromatic heterocycles. The zero-order chi connectivity index (χ0) is 10.8. The lowest BCUT2D eigenvalue weighted by molar-refractivity contribution is -0.150. The van der Waals surface area contributed by atoms with Gasteiger partial charge in [0.2, 0.25) is 0 Å². The lowest BCUT2D eigenvalue weighted by atomic mass is 9.93. The molecule has 0 saturated heterocycles. The fraction of sp³-hybridized carbons (Fsp3) is 0.909. The van der Waals surface area contributed by atoms with E-state index in [1.54, 1.807) is 0 Å². The summed E-state index contributed by atoms with van der Waals surface area (Å²) in [6, 6.07) is 0. The van der Waals surface area contributed by atoms with Crippen molar-refractivity contribution in [3.63, 3.8) is 0 Å². The summed E-state index contributed by atoms with van der Waals surface area (Å²) in [4.78, 5) is 11.3. The number of carbonyl (C=O) groups is 1. The smallest absolute Gasteiger partial charge is 0.312 e. The summed E-state index contributed by atoms with van der Waals surface area (Å²) in [5, 5.41) is 3.34. The SMILES string of the molecule is COC(=O)C(C)(C)CNCC1(C)CC1. The van der Waals surface area contributed by atoms with Crippen LogP contribution in [0.25, 0.3) is 0 Å². The van der Waals surface area contributed by atoms with Crippen LogP contribution in [-0.2, 0) is 9.53 Å². The van der Waals surface area contributed by atoms with Gasteiger partial charge >= 0.3 is 5.97 Å². The predicted molar refractivity (Wildman–Crippen MR) is 56.0 cm³/mol. The third kappa shape index (κ3) is 2.98. The molecule has 1 aliphatic carbocycles. The van der Waals surface area contributed by atoms with E-state index in [2.05, 4.69) is 12.2 Å². The van der Waals surface area contributed by atoms with Gasteiger partial charge in [-0.1, -0.05) is 6.92 Å². The van der Waals surface area contributed by atoms with Crippen molar-refractivity contribution in [2.45, 2.75) is 33.6 Å². The van der Waals surface area contributed by atoms with Crippen molar-refractivity contribution in [3.05, 3.63) is 0 Å². The quantitative estimate of drug-likeness (QED) is 0.683. The monoisotopic (exact) mass is 199 g/mol. The van der Waals surface area contributed by atoms with Crippen LogP contribution in [-0.4, -0.2) is 26.2 Å². The first kappa shape index (κ1) is 11.5. The standard InChI is InChI=1S/C11H21NO2/c1-10(2,9(13)14-4)7-12-8-11(3)5-6-11/h12H,5-8H2,1-4H3. The molecule has 0 unspecified atom stereocenters. The van der Waals surface area contributed by atoms with Crippen molar-refractivity contribution >= 4 is 5.97 Å². The fourth-order valence-electron chi connectivity index (χ4n) is 1.42. The van der Waals surface area contributed by atoms with Crippen LogP contribution in [0.5, 0.6) is 0 Å². The van der Waals surface area contributed by atoms with Gasteiger partial charge in [0.15, 0.2) is 0 Å². The Balaban J connectivity index is 2.25. The minimum atomic E-state index is -0.417. The molecular weight excluding hydrogens is 178 g/mol. The number of hydrogen-bond donors (Lipinski definition) is 1. The average molecular weight is 199 g/mol. The Morgan fingerprint density at radius 1 is 1.50 bits per heavy atom. The zero-order valence-electron chi connectivity index (χ0n) is 9.64. The summed E-state index contributed by atoms with van der Waals surface area (Å²) < 4.78 is 4.73. The summed E-state index contributed by atoms with van der Waals surface area (Å²) in [5.74, 6) is -0.147. The van der Waals surface area contributed by atoms with E-state index in [1.807, 2.05) is 13.8 Å². The predicted octanol–water partition coefficient (Wildman–Crippen LogP) is 1.58. The van der Waals surface area contributed by atoms with Gasteiger partial charge in [-0.05, 0) is 32.1 Å². The van der Waals surface area contributed by atoms with Gasteiger partial charge in [0.25, 0.3) is 0 Å². The average Bonchev–Trinajstić information content (AvgIpc) is 2.82. The van der Waals surface area contributed by atoms with E-state index in [0.29, 0.717) is 12.0 Å². The summed E-state index contributed by atoms with van der Waals surface area (Å²) >= 11 is 0. The highest BCUT2D eigenvalue weighted by atomic mass is 16.5. The van der Waals surface area contributed by atoms with Crippen LogP contribution in [0.15, 0.2) is 0 Å². The van der Waals surface area contributed by atoms with Crippen LogP contribution < -0.4 is 5.32 Å². The van der Waals surface area contributed by atoms with E-state index in [-0.39, 0.29) is 5.97 Å². The first-order valence-electron chi connectivity index (χ1n) is 5.19. The van der Waals surface area contributed by atoms with Gasteiger partial charge in [-0.3, -0.25) is 4.79 Å². The molecule has 1 rings (SSSR count). The number of nitrogens with one attached hydrogen (secondary N) is 1. The van der Waals surface area contributed by atoms with E-state index in [4.69, 9.17) is 4.74 Å². The minimum Gasteiger partial charge on any atom is -0.469 e. The van der Waals surface area contributed by atoms with E-state index >= 15 is 0 Å². The van der Waals surface area contributed by atoms with Gasteiger partial charge in [-0.25, -0.2) is 0 Å². The number of methoxy groups -OCH3 is 1. The number of ether oxygens (including phenoxy) is 1. The molecule has 14 heavy (non-hydrogen) atoms. The molecule has 0 heterocycles. The largest absolute Gasteiger partial charge is 0.469 e. The summed E-state index contributed by atoms with van der Waals surface area (Å²) in [6.45, 7) is 7.77. The molecule has 1 saturated carbocycles. The second-order valence-electron chi connectivity index (χ2n) is 5.29. The van der Waals surface area contributed by atoms with Crippen molar-refractivity contribution in [2.75, 3.05) is 20.2 Å². The van der Waals surface area contributed by atoms with Crippen LogP contribution >= 0.6 is 0 Å². The van der Waals surface area contributed by atoms with Crippen molar-refractivity contribution in [2.24, 2.45) is 10.8 Å². The van der Waals surface area contributed by atoms with Crippen molar-refractivity contribution in [1.82, 2.24) is 5.32 Å². The lowest BCUT2D eigenvalue weighted by Crippen LogP contribution is -2.38. The van der Waals surface area contributed by atoms with Crippen LogP contribution in [0, 0.1) is 10.8 Å². The van der Waals surface area contributed by atoms with E-state index in [0.717, 1.165) is 6.54 Å². The van der Waals surface area contributed by atoms with E-state index < -0.39 is 5.41 Å². The summed E-state index contributed by atoms with van der Waals surface area (Å²) in [5.41, 5.74) is 0.0756. The Bertz CT molecular complexity index is 219. The molecule has 0 atom stereocenters. The topological polar surface area (TPSA) is 38.3 Å². The number of rotatable bonds is 5. The molecule has 0 aliphatic heterocycles. The molecule has 82 valence electrons. The van der Waals surface area contributed by atoms with Gasteiger partial charge in [0.05, 0.1) is 12.5 Å². The zero-order valence-corrected chi connectivity index (χ0v) is 9.64. The number of esters is 1. The molecule has 1 N–H and O–H groups in total. The highest BCUT2D eigenvalue weighted by Crippen LogP contribution is 2.44. The highest BCUT2D eigenvalue weighted by molar-refractivity contribution is 5.76. The second kappa shape index (κ2) is 3.89. The van der Waals surface area contributed by atoms with Crippen molar-refractivity contribution in [3.8, 4) is 0 Å². The molecule has 0 amide bonds. The van der Waals surface area contributed by atoms with Crippen LogP contribution in [0.1, 0.15) is 33.6 Å². The lowest BCUT2D eigenvalue weighted by Gasteiger charge is -2.22. The van der Waals surface area contributed by atoms with Crippen molar-refractivity contribution in [1.29, 1.82) is 0 Å². The van der Waals surface area contributed by atoms with Crippen molar-refractivity contribution < 1.29 is 9.53 Å². The molecule has 3 heteroatoms. The maximum absolute atomic E-state index is 11.3. The first-order valence-corrected chi connectivity index (χ1v) is 5.19. The Labute approximate surface area is 86.2 Å². The van der Waals surface area contributed by atoms with Crippen LogP contribution in [0.2, 0.25) is 0 Å². The molecule has 1 fully saturated rings. The van der Waals surface area contributed by atoms with Gasteiger partial charge in [-0.2, -0.15) is 0 Å².